The summed E-state index contributed by atoms with van der Waals surface area (Å²) in [6, 6.07) is 2.54. The molecule has 7 heteroatoms. The third-order valence-electron chi connectivity index (χ3n) is 1.79. The molecule has 0 unspecified atom stereocenters. The number of halogens is 1. The summed E-state index contributed by atoms with van der Waals surface area (Å²) >= 11 is 2.99. The number of esters is 1. The zero-order valence-corrected chi connectivity index (χ0v) is 9.98. The molecule has 1 aromatic carbocycles. The van der Waals surface area contributed by atoms with Gasteiger partial charge in [-0.05, 0) is 35.0 Å². The predicted octanol–water partition coefficient (Wildman–Crippen LogP) is 2.12. The number of nitro benzene ring substituents is 1. The number of hydrogen-bond acceptors (Lipinski definition) is 5. The van der Waals surface area contributed by atoms with Crippen molar-refractivity contribution in [2.24, 2.45) is 0 Å². The van der Waals surface area contributed by atoms with E-state index < -0.39 is 10.9 Å². The lowest BCUT2D eigenvalue weighted by Gasteiger charge is -2.04. The third-order valence-corrected chi connectivity index (χ3v) is 2.39. The molecule has 16 heavy (non-hydrogen) atoms. The first-order chi connectivity index (χ1) is 7.47. The minimum absolute atomic E-state index is 0.0811. The maximum Gasteiger partial charge on any atom is 0.338 e. The molecule has 0 amide bonds. The highest BCUT2D eigenvalue weighted by atomic mass is 79.9. The number of rotatable bonds is 3. The van der Waals surface area contributed by atoms with Crippen LogP contribution in [0.25, 0.3) is 0 Å². The highest BCUT2D eigenvalue weighted by molar-refractivity contribution is 9.10. The molecule has 2 N–H and O–H groups in total. The van der Waals surface area contributed by atoms with Gasteiger partial charge in [0, 0.05) is 0 Å². The van der Waals surface area contributed by atoms with E-state index in [9.17, 15) is 14.9 Å². The van der Waals surface area contributed by atoms with Crippen molar-refractivity contribution in [2.75, 3.05) is 12.3 Å². The van der Waals surface area contributed by atoms with Gasteiger partial charge in [-0.25, -0.2) is 4.79 Å². The summed E-state index contributed by atoms with van der Waals surface area (Å²) in [5.74, 6) is -0.565. The van der Waals surface area contributed by atoms with Crippen molar-refractivity contribution in [1.82, 2.24) is 0 Å². The quantitative estimate of drug-likeness (QED) is 0.398. The number of benzene rings is 1. The number of nitrogens with zero attached hydrogens (tertiary/aromatic N) is 1. The van der Waals surface area contributed by atoms with E-state index in [0.29, 0.717) is 0 Å². The van der Waals surface area contributed by atoms with Gasteiger partial charge in [0.2, 0.25) is 0 Å². The summed E-state index contributed by atoms with van der Waals surface area (Å²) in [5, 5.41) is 10.6. The fourth-order valence-corrected chi connectivity index (χ4v) is 1.77. The molecule has 0 spiro atoms. The lowest BCUT2D eigenvalue weighted by Crippen LogP contribution is -2.06. The smallest absolute Gasteiger partial charge is 0.338 e. The molecular weight excluding hydrogens is 280 g/mol. The van der Waals surface area contributed by atoms with Gasteiger partial charge in [-0.2, -0.15) is 0 Å². The van der Waals surface area contributed by atoms with Crippen molar-refractivity contribution in [1.29, 1.82) is 0 Å². The second kappa shape index (κ2) is 4.93. The lowest BCUT2D eigenvalue weighted by atomic mass is 10.2. The Morgan fingerprint density at radius 1 is 1.62 bits per heavy atom. The number of carbonyl (C=O) groups excluding carboxylic acids is 1. The molecule has 0 atom stereocenters. The van der Waals surface area contributed by atoms with Gasteiger partial charge < -0.3 is 10.5 Å². The molecule has 0 aliphatic heterocycles. The summed E-state index contributed by atoms with van der Waals surface area (Å²) in [7, 11) is 0. The average Bonchev–Trinajstić information content (AvgIpc) is 2.16. The van der Waals surface area contributed by atoms with Crippen LogP contribution in [0, 0.1) is 10.1 Å². The van der Waals surface area contributed by atoms with Gasteiger partial charge in [0.15, 0.2) is 0 Å². The van der Waals surface area contributed by atoms with Crippen LogP contribution in [0.15, 0.2) is 16.6 Å². The maximum absolute atomic E-state index is 11.4. The van der Waals surface area contributed by atoms with Crippen LogP contribution in [0.4, 0.5) is 11.4 Å². The Morgan fingerprint density at radius 3 is 2.69 bits per heavy atom. The van der Waals surface area contributed by atoms with Crippen molar-refractivity contribution in [3.8, 4) is 0 Å². The molecule has 0 bridgehead atoms. The number of anilines is 1. The molecule has 86 valence electrons. The van der Waals surface area contributed by atoms with E-state index in [-0.39, 0.29) is 28.0 Å². The van der Waals surface area contributed by atoms with E-state index in [1.54, 1.807) is 6.92 Å². The van der Waals surface area contributed by atoms with Crippen molar-refractivity contribution in [2.45, 2.75) is 6.92 Å². The Labute approximate surface area is 99.7 Å². The van der Waals surface area contributed by atoms with Gasteiger partial charge in [-0.1, -0.05) is 0 Å². The minimum Gasteiger partial charge on any atom is -0.462 e. The first kappa shape index (κ1) is 12.4. The Morgan fingerprint density at radius 2 is 2.25 bits per heavy atom. The molecule has 0 fully saturated rings. The third kappa shape index (κ3) is 2.48. The van der Waals surface area contributed by atoms with E-state index in [4.69, 9.17) is 10.5 Å². The van der Waals surface area contributed by atoms with Crippen LogP contribution in [-0.4, -0.2) is 17.5 Å². The molecule has 0 aromatic heterocycles. The van der Waals surface area contributed by atoms with Crippen LogP contribution in [-0.2, 0) is 4.74 Å². The first-order valence-corrected chi connectivity index (χ1v) is 5.17. The summed E-state index contributed by atoms with van der Waals surface area (Å²) < 4.78 is 4.91. The Bertz CT molecular complexity index is 424. The van der Waals surface area contributed by atoms with Crippen LogP contribution in [0.2, 0.25) is 0 Å². The topological polar surface area (TPSA) is 95.5 Å². The van der Waals surface area contributed by atoms with E-state index in [0.717, 1.165) is 0 Å². The van der Waals surface area contributed by atoms with Crippen LogP contribution in [0.5, 0.6) is 0 Å². The number of hydrogen-bond donors (Lipinski definition) is 1. The fraction of sp³-hybridized carbons (Fsp3) is 0.222. The zero-order valence-electron chi connectivity index (χ0n) is 8.40. The maximum atomic E-state index is 11.4. The molecule has 0 saturated carbocycles. The van der Waals surface area contributed by atoms with E-state index in [2.05, 4.69) is 15.9 Å². The normalized spacial score (nSPS) is 9.88. The number of nitrogens with two attached hydrogens (primary N) is 1. The highest BCUT2D eigenvalue weighted by Crippen LogP contribution is 2.32. The monoisotopic (exact) mass is 288 g/mol. The SMILES string of the molecule is CCOC(=O)c1cc(N)c([N+](=O)[O-])c(Br)c1. The molecule has 1 rings (SSSR count). The van der Waals surface area contributed by atoms with E-state index in [1.807, 2.05) is 0 Å². The number of carbonyl (C=O) groups is 1. The summed E-state index contributed by atoms with van der Waals surface area (Å²) in [6.07, 6.45) is 0. The van der Waals surface area contributed by atoms with Gasteiger partial charge in [-0.15, -0.1) is 0 Å². The standard InChI is InChI=1S/C9H9BrN2O4/c1-2-16-9(13)5-3-6(10)8(12(14)15)7(11)4-5/h3-4H,2,11H2,1H3. The number of ether oxygens (including phenoxy) is 1. The van der Waals surface area contributed by atoms with Crippen LogP contribution in [0.1, 0.15) is 17.3 Å². The van der Waals surface area contributed by atoms with E-state index >= 15 is 0 Å². The van der Waals surface area contributed by atoms with Crippen LogP contribution < -0.4 is 5.73 Å². The van der Waals surface area contributed by atoms with Crippen LogP contribution in [0.3, 0.4) is 0 Å². The van der Waals surface area contributed by atoms with E-state index in [1.165, 1.54) is 12.1 Å². The van der Waals surface area contributed by atoms with Crippen molar-refractivity contribution in [3.63, 3.8) is 0 Å². The van der Waals surface area contributed by atoms with Crippen LogP contribution >= 0.6 is 15.9 Å². The molecule has 0 aliphatic carbocycles. The van der Waals surface area contributed by atoms with Gasteiger partial charge in [0.1, 0.15) is 5.69 Å². The fourth-order valence-electron chi connectivity index (χ4n) is 1.15. The molecule has 0 radical (unpaired) electrons. The first-order valence-electron chi connectivity index (χ1n) is 4.38. The highest BCUT2D eigenvalue weighted by Gasteiger charge is 2.20. The molecule has 0 heterocycles. The lowest BCUT2D eigenvalue weighted by molar-refractivity contribution is -0.384. The molecule has 0 aliphatic rings. The van der Waals surface area contributed by atoms with Gasteiger partial charge in [-0.3, -0.25) is 10.1 Å². The Kier molecular flexibility index (Phi) is 3.83. The molecule has 0 saturated heterocycles. The van der Waals surface area contributed by atoms with Crippen molar-refractivity contribution in [3.05, 3.63) is 32.3 Å². The van der Waals surface area contributed by atoms with Gasteiger partial charge >= 0.3 is 11.7 Å². The Hall–Kier alpha value is -1.63. The van der Waals surface area contributed by atoms with Gasteiger partial charge in [0.25, 0.3) is 0 Å². The molecule has 1 aromatic rings. The Balaban J connectivity index is 3.19. The summed E-state index contributed by atoms with van der Waals surface area (Å²) in [6.45, 7) is 1.90. The zero-order chi connectivity index (χ0) is 12.3. The summed E-state index contributed by atoms with van der Waals surface area (Å²) in [5.41, 5.74) is 5.32. The average molecular weight is 289 g/mol. The number of nitro groups is 1. The minimum atomic E-state index is -0.617. The van der Waals surface area contributed by atoms with Crippen molar-refractivity contribution >= 4 is 33.3 Å². The molecular formula is C9H9BrN2O4. The van der Waals surface area contributed by atoms with Crippen molar-refractivity contribution < 1.29 is 14.5 Å². The van der Waals surface area contributed by atoms with Gasteiger partial charge in [0.05, 0.1) is 21.6 Å². The molecule has 6 nitrogen and oxygen atoms in total. The second-order valence-corrected chi connectivity index (χ2v) is 3.73. The number of nitrogen functional groups attached to an aromatic ring is 1. The second-order valence-electron chi connectivity index (χ2n) is 2.87. The largest absolute Gasteiger partial charge is 0.462 e. The summed E-state index contributed by atoms with van der Waals surface area (Å²) in [4.78, 5) is 21.4. The predicted molar refractivity (Wildman–Crippen MR) is 61.2 cm³/mol.